The first-order chi connectivity index (χ1) is 13.1. The fourth-order valence-electron chi connectivity index (χ4n) is 3.27. The van der Waals surface area contributed by atoms with Gasteiger partial charge >= 0.3 is 6.03 Å². The molecule has 3 rings (SSSR count). The third-order valence-electron chi connectivity index (χ3n) is 5.07. The molecule has 0 bridgehead atoms. The van der Waals surface area contributed by atoms with Gasteiger partial charge in [0.05, 0.1) is 12.1 Å². The van der Waals surface area contributed by atoms with Crippen molar-refractivity contribution < 1.29 is 9.59 Å². The minimum Gasteiger partial charge on any atom is -0.349 e. The molecule has 2 aromatic rings. The van der Waals surface area contributed by atoms with Crippen LogP contribution in [0.3, 0.4) is 0 Å². The maximum Gasteiger partial charge on any atom is 0.315 e. The van der Waals surface area contributed by atoms with E-state index >= 15 is 0 Å². The van der Waals surface area contributed by atoms with Crippen molar-refractivity contribution in [2.45, 2.75) is 64.6 Å². The second-order valence-electron chi connectivity index (χ2n) is 7.18. The van der Waals surface area contributed by atoms with Crippen molar-refractivity contribution in [2.75, 3.05) is 6.54 Å². The van der Waals surface area contributed by atoms with Crippen molar-refractivity contribution >= 4 is 23.0 Å². The number of benzene rings is 1. The van der Waals surface area contributed by atoms with Gasteiger partial charge in [0.15, 0.2) is 0 Å². The third-order valence-corrected chi connectivity index (χ3v) is 5.07. The van der Waals surface area contributed by atoms with Gasteiger partial charge in [-0.25, -0.2) is 9.48 Å². The lowest BCUT2D eigenvalue weighted by Crippen LogP contribution is -2.41. The Morgan fingerprint density at radius 2 is 2.07 bits per heavy atom. The Labute approximate surface area is 159 Å². The summed E-state index contributed by atoms with van der Waals surface area (Å²) in [5.74, 6) is -0.0540. The van der Waals surface area contributed by atoms with E-state index in [0.29, 0.717) is 24.2 Å². The monoisotopic (exact) mass is 372 g/mol. The zero-order valence-corrected chi connectivity index (χ0v) is 16.0. The molecule has 1 aromatic heterocycles. The van der Waals surface area contributed by atoms with Crippen molar-refractivity contribution in [3.8, 4) is 0 Å². The summed E-state index contributed by atoms with van der Waals surface area (Å²) in [6, 6.07) is 5.68. The van der Waals surface area contributed by atoms with Gasteiger partial charge in [-0.3, -0.25) is 4.79 Å². The molecule has 146 valence electrons. The molecule has 1 heterocycles. The van der Waals surface area contributed by atoms with Gasteiger partial charge in [0.1, 0.15) is 5.52 Å². The Balaban J connectivity index is 1.57. The number of nitrogens with one attached hydrogen (secondary N) is 3. The van der Waals surface area contributed by atoms with Gasteiger partial charge in [0.25, 0.3) is 5.91 Å². The number of fused-ring (bicyclic) bond motifs is 1. The number of rotatable bonds is 7. The highest BCUT2D eigenvalue weighted by Gasteiger charge is 2.18. The zero-order chi connectivity index (χ0) is 19.2. The van der Waals surface area contributed by atoms with Crippen LogP contribution in [-0.2, 0) is 6.54 Å². The lowest BCUT2D eigenvalue weighted by molar-refractivity contribution is 0.0938. The molecule has 8 heteroatoms. The van der Waals surface area contributed by atoms with Crippen molar-refractivity contribution in [3.05, 3.63) is 23.8 Å². The highest BCUT2D eigenvalue weighted by atomic mass is 16.2. The quantitative estimate of drug-likeness (QED) is 0.693. The van der Waals surface area contributed by atoms with E-state index in [1.54, 1.807) is 16.8 Å². The Morgan fingerprint density at radius 1 is 1.30 bits per heavy atom. The molecule has 3 N–H and O–H groups in total. The summed E-state index contributed by atoms with van der Waals surface area (Å²) in [4.78, 5) is 24.1. The van der Waals surface area contributed by atoms with Crippen LogP contribution in [0.15, 0.2) is 18.2 Å². The molecule has 3 amide bonds. The Kier molecular flexibility index (Phi) is 6.26. The fourth-order valence-corrected chi connectivity index (χ4v) is 3.27. The molecule has 1 aliphatic rings. The molecule has 8 nitrogen and oxygen atoms in total. The average molecular weight is 372 g/mol. The number of hydrogen-bond acceptors (Lipinski definition) is 4. The molecular weight excluding hydrogens is 344 g/mol. The second kappa shape index (κ2) is 8.83. The van der Waals surface area contributed by atoms with Gasteiger partial charge in [-0.1, -0.05) is 25.0 Å². The van der Waals surface area contributed by atoms with E-state index in [0.717, 1.165) is 24.8 Å². The SMILES string of the molecule is CC[C@@H](C)NC(=O)NCCn1nnc2cc(C(=O)NC3CCCC3)ccc21. The standard InChI is InChI=1S/C19H28N6O2/c1-3-13(2)21-19(27)20-10-11-25-17-9-8-14(12-16(17)23-24-25)18(26)22-15-6-4-5-7-15/h8-9,12-13,15H,3-7,10-11H2,1-2H3,(H,22,26)(H2,20,21,27)/t13-/m1/s1. The minimum atomic E-state index is -0.181. The van der Waals surface area contributed by atoms with Crippen LogP contribution in [0.1, 0.15) is 56.3 Å². The van der Waals surface area contributed by atoms with Gasteiger partial charge in [-0.15, -0.1) is 5.10 Å². The topological polar surface area (TPSA) is 101 Å². The number of nitrogens with zero attached hydrogens (tertiary/aromatic N) is 3. The molecule has 1 aliphatic carbocycles. The number of amides is 3. The van der Waals surface area contributed by atoms with E-state index in [4.69, 9.17) is 0 Å². The summed E-state index contributed by atoms with van der Waals surface area (Å²) in [6.07, 6.45) is 5.37. The molecule has 1 aromatic carbocycles. The second-order valence-corrected chi connectivity index (χ2v) is 7.18. The molecule has 1 saturated carbocycles. The highest BCUT2D eigenvalue weighted by Crippen LogP contribution is 2.19. The number of hydrogen-bond donors (Lipinski definition) is 3. The van der Waals surface area contributed by atoms with Crippen LogP contribution in [0.5, 0.6) is 0 Å². The highest BCUT2D eigenvalue weighted by molar-refractivity contribution is 5.97. The third kappa shape index (κ3) is 4.96. The summed E-state index contributed by atoms with van der Waals surface area (Å²) < 4.78 is 1.73. The molecule has 0 saturated heterocycles. The molecule has 0 aliphatic heterocycles. The normalized spacial score (nSPS) is 15.6. The van der Waals surface area contributed by atoms with Crippen LogP contribution >= 0.6 is 0 Å². The average Bonchev–Trinajstić information content (AvgIpc) is 3.31. The summed E-state index contributed by atoms with van der Waals surface area (Å²) in [5.41, 5.74) is 2.13. The van der Waals surface area contributed by atoms with Crippen LogP contribution in [0, 0.1) is 0 Å². The maximum absolute atomic E-state index is 12.4. The lowest BCUT2D eigenvalue weighted by Gasteiger charge is -2.12. The molecule has 1 fully saturated rings. The Morgan fingerprint density at radius 3 is 2.81 bits per heavy atom. The first-order valence-electron chi connectivity index (χ1n) is 9.75. The predicted molar refractivity (Wildman–Crippen MR) is 104 cm³/mol. The van der Waals surface area contributed by atoms with Crippen LogP contribution < -0.4 is 16.0 Å². The van der Waals surface area contributed by atoms with Gasteiger partial charge in [0, 0.05) is 24.2 Å². The first-order valence-corrected chi connectivity index (χ1v) is 9.75. The molecule has 27 heavy (non-hydrogen) atoms. The van der Waals surface area contributed by atoms with Gasteiger partial charge in [-0.2, -0.15) is 0 Å². The fraction of sp³-hybridized carbons (Fsp3) is 0.579. The molecule has 0 radical (unpaired) electrons. The maximum atomic E-state index is 12.4. The van der Waals surface area contributed by atoms with E-state index in [1.807, 2.05) is 19.9 Å². The van der Waals surface area contributed by atoms with Gasteiger partial charge < -0.3 is 16.0 Å². The molecular formula is C19H28N6O2. The number of carbonyl (C=O) groups is 2. The van der Waals surface area contributed by atoms with Crippen molar-refractivity contribution in [1.29, 1.82) is 0 Å². The minimum absolute atomic E-state index is 0.0540. The van der Waals surface area contributed by atoms with Crippen molar-refractivity contribution in [1.82, 2.24) is 30.9 Å². The van der Waals surface area contributed by atoms with Crippen molar-refractivity contribution in [3.63, 3.8) is 0 Å². The number of carbonyl (C=O) groups excluding carboxylic acids is 2. The van der Waals surface area contributed by atoms with Crippen molar-refractivity contribution in [2.24, 2.45) is 0 Å². The summed E-state index contributed by atoms with van der Waals surface area (Å²) in [7, 11) is 0. The van der Waals surface area contributed by atoms with E-state index in [2.05, 4.69) is 26.3 Å². The van der Waals surface area contributed by atoms with Crippen LogP contribution in [0.4, 0.5) is 4.79 Å². The smallest absolute Gasteiger partial charge is 0.315 e. The number of urea groups is 1. The van der Waals surface area contributed by atoms with Crippen LogP contribution in [-0.4, -0.2) is 45.6 Å². The zero-order valence-electron chi connectivity index (χ0n) is 16.0. The van der Waals surface area contributed by atoms with Crippen LogP contribution in [0.2, 0.25) is 0 Å². The van der Waals surface area contributed by atoms with Crippen LogP contribution in [0.25, 0.3) is 11.0 Å². The molecule has 0 unspecified atom stereocenters. The van der Waals surface area contributed by atoms with E-state index < -0.39 is 0 Å². The van der Waals surface area contributed by atoms with Gasteiger partial charge in [0.2, 0.25) is 0 Å². The molecule has 1 atom stereocenters. The van der Waals surface area contributed by atoms with E-state index in [1.165, 1.54) is 12.8 Å². The molecule has 0 spiro atoms. The first kappa shape index (κ1) is 19.1. The number of aromatic nitrogens is 3. The van der Waals surface area contributed by atoms with E-state index in [9.17, 15) is 9.59 Å². The summed E-state index contributed by atoms with van der Waals surface area (Å²) in [5, 5.41) is 17.1. The predicted octanol–water partition coefficient (Wildman–Crippen LogP) is 2.20. The van der Waals surface area contributed by atoms with Gasteiger partial charge in [-0.05, 0) is 44.4 Å². The Hall–Kier alpha value is -2.64. The lowest BCUT2D eigenvalue weighted by atomic mass is 10.1. The largest absolute Gasteiger partial charge is 0.349 e. The van der Waals surface area contributed by atoms with E-state index in [-0.39, 0.29) is 24.0 Å². The summed E-state index contributed by atoms with van der Waals surface area (Å²) in [6.45, 7) is 4.95. The summed E-state index contributed by atoms with van der Waals surface area (Å²) >= 11 is 0. The Bertz CT molecular complexity index is 797.